The molecule has 0 spiro atoms. The van der Waals surface area contributed by atoms with Crippen LogP contribution in [0.25, 0.3) is 22.5 Å². The lowest BCUT2D eigenvalue weighted by Crippen LogP contribution is -2.39. The van der Waals surface area contributed by atoms with E-state index in [0.717, 1.165) is 22.5 Å². The number of carbonyl (C=O) groups excluding carboxylic acids is 1. The third-order valence-electron chi connectivity index (χ3n) is 4.85. The van der Waals surface area contributed by atoms with Crippen molar-refractivity contribution in [3.05, 3.63) is 96.3 Å². The van der Waals surface area contributed by atoms with Crippen molar-refractivity contribution in [1.82, 2.24) is 20.5 Å². The van der Waals surface area contributed by atoms with Gasteiger partial charge in [-0.3, -0.25) is 14.9 Å². The van der Waals surface area contributed by atoms with E-state index in [2.05, 4.69) is 20.5 Å². The van der Waals surface area contributed by atoms with Crippen LogP contribution in [0.3, 0.4) is 0 Å². The molecule has 3 N–H and O–H groups in total. The Bertz CT molecular complexity index is 1110. The van der Waals surface area contributed by atoms with Gasteiger partial charge in [-0.2, -0.15) is 5.10 Å². The summed E-state index contributed by atoms with van der Waals surface area (Å²) < 4.78 is 0. The minimum Gasteiger partial charge on any atom is -0.394 e. The van der Waals surface area contributed by atoms with Crippen molar-refractivity contribution in [2.45, 2.75) is 12.5 Å². The Hall–Kier alpha value is -3.77. The predicted octanol–water partition coefficient (Wildman–Crippen LogP) is 3.47. The zero-order valence-electron chi connectivity index (χ0n) is 16.3. The molecular formula is C24H22N4O2. The van der Waals surface area contributed by atoms with E-state index < -0.39 is 6.04 Å². The third-order valence-corrected chi connectivity index (χ3v) is 4.85. The molecule has 4 rings (SSSR count). The van der Waals surface area contributed by atoms with Crippen LogP contribution in [0, 0.1) is 0 Å². The van der Waals surface area contributed by atoms with E-state index in [9.17, 15) is 9.90 Å². The summed E-state index contributed by atoms with van der Waals surface area (Å²) in [5, 5.41) is 20.1. The van der Waals surface area contributed by atoms with Crippen LogP contribution in [-0.4, -0.2) is 38.8 Å². The number of amides is 1. The molecule has 0 radical (unpaired) electrons. The summed E-state index contributed by atoms with van der Waals surface area (Å²) in [4.78, 5) is 17.3. The van der Waals surface area contributed by atoms with Gasteiger partial charge in [-0.1, -0.05) is 54.6 Å². The predicted molar refractivity (Wildman–Crippen MR) is 116 cm³/mol. The maximum absolute atomic E-state index is 13.0. The SMILES string of the molecule is O=C(N[C@@H](CO)Cc1ccccn1)c1ccccc1-c1cc(-c2ccccc2)[nH]n1. The van der Waals surface area contributed by atoms with Crippen molar-refractivity contribution < 1.29 is 9.90 Å². The van der Waals surface area contributed by atoms with Crippen LogP contribution in [-0.2, 0) is 6.42 Å². The number of carbonyl (C=O) groups is 1. The van der Waals surface area contributed by atoms with Gasteiger partial charge in [0.25, 0.3) is 5.91 Å². The lowest BCUT2D eigenvalue weighted by Gasteiger charge is -2.17. The molecule has 0 bridgehead atoms. The van der Waals surface area contributed by atoms with E-state index >= 15 is 0 Å². The van der Waals surface area contributed by atoms with Gasteiger partial charge in [-0.05, 0) is 29.8 Å². The first-order chi connectivity index (χ1) is 14.7. The van der Waals surface area contributed by atoms with Crippen LogP contribution in [0.1, 0.15) is 16.1 Å². The van der Waals surface area contributed by atoms with Gasteiger partial charge < -0.3 is 10.4 Å². The number of rotatable bonds is 7. The van der Waals surface area contributed by atoms with Gasteiger partial charge in [0.05, 0.1) is 24.0 Å². The number of pyridine rings is 1. The highest BCUT2D eigenvalue weighted by molar-refractivity contribution is 6.00. The molecule has 0 unspecified atom stereocenters. The molecule has 1 amide bonds. The molecule has 4 aromatic rings. The summed E-state index contributed by atoms with van der Waals surface area (Å²) in [7, 11) is 0. The summed E-state index contributed by atoms with van der Waals surface area (Å²) in [6.07, 6.45) is 2.15. The number of nitrogens with zero attached hydrogens (tertiary/aromatic N) is 2. The summed E-state index contributed by atoms with van der Waals surface area (Å²) >= 11 is 0. The Labute approximate surface area is 174 Å². The number of nitrogens with one attached hydrogen (secondary N) is 2. The van der Waals surface area contributed by atoms with Crippen LogP contribution in [0.2, 0.25) is 0 Å². The van der Waals surface area contributed by atoms with E-state index in [0.29, 0.717) is 17.7 Å². The number of aliphatic hydroxyl groups excluding tert-OH is 1. The van der Waals surface area contributed by atoms with Gasteiger partial charge >= 0.3 is 0 Å². The summed E-state index contributed by atoms with van der Waals surface area (Å²) in [6, 6.07) is 24.3. The fourth-order valence-electron chi connectivity index (χ4n) is 3.33. The van der Waals surface area contributed by atoms with Crippen molar-refractivity contribution >= 4 is 5.91 Å². The highest BCUT2D eigenvalue weighted by Crippen LogP contribution is 2.26. The van der Waals surface area contributed by atoms with Crippen molar-refractivity contribution in [2.75, 3.05) is 6.61 Å². The maximum Gasteiger partial charge on any atom is 0.252 e. The topological polar surface area (TPSA) is 90.9 Å². The second-order valence-electron chi connectivity index (χ2n) is 6.96. The highest BCUT2D eigenvalue weighted by Gasteiger charge is 2.18. The summed E-state index contributed by atoms with van der Waals surface area (Å²) in [5.74, 6) is -0.259. The fourth-order valence-corrected chi connectivity index (χ4v) is 3.33. The lowest BCUT2D eigenvalue weighted by molar-refractivity contribution is 0.0917. The Morgan fingerprint density at radius 3 is 2.53 bits per heavy atom. The first-order valence-corrected chi connectivity index (χ1v) is 9.76. The average Bonchev–Trinajstić information content (AvgIpc) is 3.30. The van der Waals surface area contributed by atoms with Gasteiger partial charge in [0.1, 0.15) is 0 Å². The largest absolute Gasteiger partial charge is 0.394 e. The molecule has 150 valence electrons. The fraction of sp³-hybridized carbons (Fsp3) is 0.125. The number of aliphatic hydroxyl groups is 1. The standard InChI is InChI=1S/C24H22N4O2/c29-16-19(14-18-10-6-7-13-25-18)26-24(30)21-12-5-4-11-20(21)23-15-22(27-28-23)17-8-2-1-3-9-17/h1-13,15,19,29H,14,16H2,(H,26,30)(H,27,28)/t19-/m1/s1. The van der Waals surface area contributed by atoms with Gasteiger partial charge in [-0.25, -0.2) is 0 Å². The smallest absolute Gasteiger partial charge is 0.252 e. The summed E-state index contributed by atoms with van der Waals surface area (Å²) in [6.45, 7) is -0.176. The molecule has 0 saturated carbocycles. The molecule has 0 fully saturated rings. The van der Waals surface area contributed by atoms with Crippen LogP contribution in [0.15, 0.2) is 85.1 Å². The number of hydrogen-bond donors (Lipinski definition) is 3. The Morgan fingerprint density at radius 1 is 1.00 bits per heavy atom. The summed E-state index contributed by atoms with van der Waals surface area (Å²) in [5.41, 5.74) is 4.62. The second-order valence-corrected chi connectivity index (χ2v) is 6.96. The van der Waals surface area contributed by atoms with E-state index in [-0.39, 0.29) is 12.5 Å². The number of benzene rings is 2. The van der Waals surface area contributed by atoms with Crippen molar-refractivity contribution in [3.8, 4) is 22.5 Å². The number of hydrogen-bond acceptors (Lipinski definition) is 4. The van der Waals surface area contributed by atoms with Crippen LogP contribution in [0.4, 0.5) is 0 Å². The first-order valence-electron chi connectivity index (χ1n) is 9.76. The van der Waals surface area contributed by atoms with E-state index in [1.165, 1.54) is 0 Å². The maximum atomic E-state index is 13.0. The minimum atomic E-state index is -0.431. The van der Waals surface area contributed by atoms with E-state index in [1.54, 1.807) is 12.3 Å². The Morgan fingerprint density at radius 2 is 1.77 bits per heavy atom. The normalized spacial score (nSPS) is 11.8. The van der Waals surface area contributed by atoms with Crippen molar-refractivity contribution in [2.24, 2.45) is 0 Å². The third kappa shape index (κ3) is 4.45. The minimum absolute atomic E-state index is 0.176. The molecule has 0 aliphatic carbocycles. The lowest BCUT2D eigenvalue weighted by atomic mass is 10.0. The molecule has 6 nitrogen and oxygen atoms in total. The van der Waals surface area contributed by atoms with Crippen LogP contribution in [0.5, 0.6) is 0 Å². The van der Waals surface area contributed by atoms with Gasteiger partial charge in [0, 0.05) is 29.4 Å². The molecule has 2 aromatic carbocycles. The zero-order valence-corrected chi connectivity index (χ0v) is 16.3. The van der Waals surface area contributed by atoms with Crippen LogP contribution < -0.4 is 5.32 Å². The second kappa shape index (κ2) is 9.15. The molecule has 6 heteroatoms. The number of aromatic amines is 1. The molecule has 0 aliphatic heterocycles. The van der Waals surface area contributed by atoms with Crippen LogP contribution >= 0.6 is 0 Å². The Balaban J connectivity index is 1.56. The molecule has 2 aromatic heterocycles. The van der Waals surface area contributed by atoms with E-state index in [1.807, 2.05) is 72.8 Å². The first kappa shape index (κ1) is 19.5. The van der Waals surface area contributed by atoms with Gasteiger partial charge in [-0.15, -0.1) is 0 Å². The monoisotopic (exact) mass is 398 g/mol. The number of aromatic nitrogens is 3. The van der Waals surface area contributed by atoms with Gasteiger partial charge in [0.15, 0.2) is 0 Å². The van der Waals surface area contributed by atoms with E-state index in [4.69, 9.17) is 0 Å². The molecular weight excluding hydrogens is 376 g/mol. The molecule has 0 saturated heterocycles. The average molecular weight is 398 g/mol. The Kier molecular flexibility index (Phi) is 5.96. The van der Waals surface area contributed by atoms with Gasteiger partial charge in [0.2, 0.25) is 0 Å². The quantitative estimate of drug-likeness (QED) is 0.445. The zero-order chi connectivity index (χ0) is 20.8. The highest BCUT2D eigenvalue weighted by atomic mass is 16.3. The molecule has 1 atom stereocenters. The molecule has 2 heterocycles. The molecule has 30 heavy (non-hydrogen) atoms. The number of H-pyrrole nitrogens is 1. The molecule has 0 aliphatic rings. The van der Waals surface area contributed by atoms with Crippen molar-refractivity contribution in [3.63, 3.8) is 0 Å². The van der Waals surface area contributed by atoms with Crippen molar-refractivity contribution in [1.29, 1.82) is 0 Å².